The van der Waals surface area contributed by atoms with Crippen LogP contribution in [0.25, 0.3) is 10.6 Å². The third-order valence-corrected chi connectivity index (χ3v) is 5.52. The van der Waals surface area contributed by atoms with Gasteiger partial charge in [-0.2, -0.15) is 0 Å². The Morgan fingerprint density at radius 3 is 2.61 bits per heavy atom. The smallest absolute Gasteiger partial charge is 0.312 e. The molecule has 3 rings (SSSR count). The molecule has 0 fully saturated rings. The van der Waals surface area contributed by atoms with E-state index in [0.717, 1.165) is 5.56 Å². The SMILES string of the molecule is COc1ccc(-c2nc(CC(=O)OCC(=O)Nc3c(C)cccc3[N+](=O)[O-])cs2)cc1OC. The molecule has 0 spiro atoms. The van der Waals surface area contributed by atoms with Crippen LogP contribution in [-0.2, 0) is 20.7 Å². The second-order valence-electron chi connectivity index (χ2n) is 6.83. The molecule has 1 heterocycles. The molecule has 0 unspecified atom stereocenters. The van der Waals surface area contributed by atoms with Crippen molar-refractivity contribution in [3.05, 3.63) is 63.1 Å². The first-order valence-corrected chi connectivity index (χ1v) is 10.6. The largest absolute Gasteiger partial charge is 0.493 e. The van der Waals surface area contributed by atoms with Crippen LogP contribution >= 0.6 is 11.3 Å². The summed E-state index contributed by atoms with van der Waals surface area (Å²) in [6.07, 6.45) is -0.123. The Labute approximate surface area is 193 Å². The first-order valence-electron chi connectivity index (χ1n) is 9.68. The highest BCUT2D eigenvalue weighted by Gasteiger charge is 2.19. The molecule has 1 amide bonds. The summed E-state index contributed by atoms with van der Waals surface area (Å²) in [6.45, 7) is 1.06. The Bertz CT molecular complexity index is 1190. The predicted molar refractivity (Wildman–Crippen MR) is 122 cm³/mol. The zero-order valence-corrected chi connectivity index (χ0v) is 18.9. The van der Waals surface area contributed by atoms with Crippen molar-refractivity contribution in [2.75, 3.05) is 26.1 Å². The van der Waals surface area contributed by atoms with Crippen LogP contribution in [0.4, 0.5) is 11.4 Å². The van der Waals surface area contributed by atoms with Gasteiger partial charge in [0.1, 0.15) is 10.7 Å². The molecule has 3 aromatic rings. The standard InChI is InChI=1S/C22H21N3O7S/c1-13-5-4-6-16(25(28)29)21(13)24-19(26)11-32-20(27)10-15-12-33-22(23-15)14-7-8-17(30-2)18(9-14)31-3/h4-9,12H,10-11H2,1-3H3,(H,24,26). The summed E-state index contributed by atoms with van der Waals surface area (Å²) >= 11 is 1.35. The number of hydrogen-bond acceptors (Lipinski definition) is 9. The number of methoxy groups -OCH3 is 2. The van der Waals surface area contributed by atoms with Crippen molar-refractivity contribution in [3.8, 4) is 22.1 Å². The highest BCUT2D eigenvalue weighted by Crippen LogP contribution is 2.33. The zero-order chi connectivity index (χ0) is 24.0. The van der Waals surface area contributed by atoms with E-state index >= 15 is 0 Å². The zero-order valence-electron chi connectivity index (χ0n) is 18.1. The van der Waals surface area contributed by atoms with Gasteiger partial charge in [0.15, 0.2) is 18.1 Å². The van der Waals surface area contributed by atoms with Crippen molar-refractivity contribution in [2.45, 2.75) is 13.3 Å². The Kier molecular flexibility index (Phi) is 7.57. The molecule has 0 aliphatic heterocycles. The van der Waals surface area contributed by atoms with E-state index in [2.05, 4.69) is 10.3 Å². The number of hydrogen-bond donors (Lipinski definition) is 1. The van der Waals surface area contributed by atoms with Crippen LogP contribution < -0.4 is 14.8 Å². The Hall–Kier alpha value is -3.99. The Morgan fingerprint density at radius 2 is 1.91 bits per heavy atom. The molecule has 172 valence electrons. The lowest BCUT2D eigenvalue weighted by Gasteiger charge is -2.09. The van der Waals surface area contributed by atoms with Crippen LogP contribution in [0.5, 0.6) is 11.5 Å². The second-order valence-corrected chi connectivity index (χ2v) is 7.68. The lowest BCUT2D eigenvalue weighted by Crippen LogP contribution is -2.22. The van der Waals surface area contributed by atoms with Crippen LogP contribution in [0.1, 0.15) is 11.3 Å². The second kappa shape index (κ2) is 10.6. The number of aryl methyl sites for hydroxylation is 1. The van der Waals surface area contributed by atoms with Crippen LogP contribution in [0.15, 0.2) is 41.8 Å². The molecular weight excluding hydrogens is 450 g/mol. The van der Waals surface area contributed by atoms with Crippen molar-refractivity contribution in [1.29, 1.82) is 0 Å². The lowest BCUT2D eigenvalue weighted by molar-refractivity contribution is -0.384. The minimum atomic E-state index is -0.676. The molecule has 1 aromatic heterocycles. The van der Waals surface area contributed by atoms with Crippen LogP contribution in [0, 0.1) is 17.0 Å². The number of aromatic nitrogens is 1. The monoisotopic (exact) mass is 471 g/mol. The van der Waals surface area contributed by atoms with E-state index in [1.54, 1.807) is 44.7 Å². The number of ether oxygens (including phenoxy) is 3. The number of nitro groups is 1. The lowest BCUT2D eigenvalue weighted by atomic mass is 10.1. The average molecular weight is 471 g/mol. The molecule has 1 N–H and O–H groups in total. The van der Waals surface area contributed by atoms with Gasteiger partial charge < -0.3 is 19.5 Å². The summed E-state index contributed by atoms with van der Waals surface area (Å²) in [5.74, 6) is -0.166. The van der Waals surface area contributed by atoms with Gasteiger partial charge in [-0.25, -0.2) is 4.98 Å². The molecule has 0 aliphatic carbocycles. The maximum atomic E-state index is 12.2. The number of rotatable bonds is 9. The van der Waals surface area contributed by atoms with Gasteiger partial charge in [-0.15, -0.1) is 11.3 Å². The van der Waals surface area contributed by atoms with Gasteiger partial charge in [-0.05, 0) is 30.7 Å². The maximum absolute atomic E-state index is 12.2. The summed E-state index contributed by atoms with van der Waals surface area (Å²) in [7, 11) is 3.09. The molecule has 0 saturated carbocycles. The molecule has 0 aliphatic rings. The number of nitrogens with one attached hydrogen (secondary N) is 1. The summed E-state index contributed by atoms with van der Waals surface area (Å²) in [5, 5.41) is 16.0. The fourth-order valence-electron chi connectivity index (χ4n) is 2.98. The number of nitro benzene ring substituents is 1. The van der Waals surface area contributed by atoms with Crippen molar-refractivity contribution in [3.63, 3.8) is 0 Å². The van der Waals surface area contributed by atoms with Gasteiger partial charge >= 0.3 is 5.97 Å². The van der Waals surface area contributed by atoms with E-state index in [1.807, 2.05) is 6.07 Å². The number of esters is 1. The fourth-order valence-corrected chi connectivity index (χ4v) is 3.79. The van der Waals surface area contributed by atoms with Crippen molar-refractivity contribution in [1.82, 2.24) is 4.98 Å². The maximum Gasteiger partial charge on any atom is 0.312 e. The first kappa shape index (κ1) is 23.7. The van der Waals surface area contributed by atoms with Gasteiger partial charge in [0.05, 0.1) is 31.3 Å². The number of carbonyl (C=O) groups is 2. The van der Waals surface area contributed by atoms with E-state index in [9.17, 15) is 19.7 Å². The number of thiazole rings is 1. The molecule has 0 radical (unpaired) electrons. The predicted octanol–water partition coefficient (Wildman–Crippen LogP) is 3.77. The number of benzene rings is 2. The summed E-state index contributed by atoms with van der Waals surface area (Å²) in [5.41, 5.74) is 1.65. The van der Waals surface area contributed by atoms with E-state index in [-0.39, 0.29) is 17.8 Å². The molecule has 11 heteroatoms. The molecule has 0 atom stereocenters. The number of para-hydroxylation sites is 1. The van der Waals surface area contributed by atoms with E-state index in [4.69, 9.17) is 14.2 Å². The van der Waals surface area contributed by atoms with Crippen molar-refractivity contribution < 1.29 is 28.7 Å². The van der Waals surface area contributed by atoms with Gasteiger partial charge in [-0.3, -0.25) is 19.7 Å². The fraction of sp³-hybridized carbons (Fsp3) is 0.227. The summed E-state index contributed by atoms with van der Waals surface area (Å²) < 4.78 is 15.5. The molecular formula is C22H21N3O7S. The summed E-state index contributed by atoms with van der Waals surface area (Å²) in [4.78, 5) is 39.3. The van der Waals surface area contributed by atoms with Gasteiger partial charge in [0, 0.05) is 17.0 Å². The average Bonchev–Trinajstić information content (AvgIpc) is 3.26. The number of carbonyl (C=O) groups excluding carboxylic acids is 2. The van der Waals surface area contributed by atoms with Crippen LogP contribution in [-0.4, -0.2) is 42.6 Å². The highest BCUT2D eigenvalue weighted by molar-refractivity contribution is 7.13. The van der Waals surface area contributed by atoms with E-state index in [0.29, 0.717) is 27.8 Å². The Balaban J connectivity index is 1.58. The van der Waals surface area contributed by atoms with Gasteiger partial charge in [-0.1, -0.05) is 12.1 Å². The number of nitrogens with zero attached hydrogens (tertiary/aromatic N) is 2. The minimum Gasteiger partial charge on any atom is -0.493 e. The molecule has 33 heavy (non-hydrogen) atoms. The minimum absolute atomic E-state index is 0.0719. The molecule has 10 nitrogen and oxygen atoms in total. The van der Waals surface area contributed by atoms with Gasteiger partial charge in [0.2, 0.25) is 0 Å². The Morgan fingerprint density at radius 1 is 1.15 bits per heavy atom. The third-order valence-electron chi connectivity index (χ3n) is 4.58. The third kappa shape index (κ3) is 5.83. The molecule has 2 aromatic carbocycles. The van der Waals surface area contributed by atoms with Crippen molar-refractivity contribution >= 4 is 34.6 Å². The number of amides is 1. The normalized spacial score (nSPS) is 10.4. The summed E-state index contributed by atoms with van der Waals surface area (Å²) in [6, 6.07) is 9.82. The van der Waals surface area contributed by atoms with Crippen molar-refractivity contribution in [2.24, 2.45) is 0 Å². The molecule has 0 saturated heterocycles. The topological polar surface area (TPSA) is 130 Å². The van der Waals surface area contributed by atoms with E-state index < -0.39 is 23.4 Å². The van der Waals surface area contributed by atoms with Crippen LogP contribution in [0.2, 0.25) is 0 Å². The molecule has 0 bridgehead atoms. The first-order chi connectivity index (χ1) is 15.8. The number of anilines is 1. The highest BCUT2D eigenvalue weighted by atomic mass is 32.1. The van der Waals surface area contributed by atoms with Gasteiger partial charge in [0.25, 0.3) is 11.6 Å². The van der Waals surface area contributed by atoms with Crippen LogP contribution in [0.3, 0.4) is 0 Å². The van der Waals surface area contributed by atoms with E-state index in [1.165, 1.54) is 23.5 Å². The quantitative estimate of drug-likeness (QED) is 0.284.